The van der Waals surface area contributed by atoms with Crippen LogP contribution in [-0.4, -0.2) is 77.9 Å². The van der Waals surface area contributed by atoms with Crippen molar-refractivity contribution in [1.82, 2.24) is 19.8 Å². The number of aryl methyl sites for hydroxylation is 1. The van der Waals surface area contributed by atoms with Gasteiger partial charge >= 0.3 is 0 Å². The number of β-amino-alcohol motifs (C(OH)–C–C–N with tert-alkyl or cyclic N) is 1. The zero-order chi connectivity index (χ0) is 25.8. The number of rotatable bonds is 8. The smallest absolute Gasteiger partial charge is 0.271 e. The quantitative estimate of drug-likeness (QED) is 0.461. The molecule has 1 aliphatic heterocycles. The Hall–Kier alpha value is -2.78. The summed E-state index contributed by atoms with van der Waals surface area (Å²) in [6.45, 7) is 7.45. The summed E-state index contributed by atoms with van der Waals surface area (Å²) in [5.74, 6) is 1.17. The van der Waals surface area contributed by atoms with E-state index in [1.54, 1.807) is 13.2 Å². The zero-order valence-electron chi connectivity index (χ0n) is 20.7. The number of amides is 1. The van der Waals surface area contributed by atoms with Crippen molar-refractivity contribution in [3.63, 3.8) is 0 Å². The fraction of sp³-hybridized carbons (Fsp3) is 0.385. The van der Waals surface area contributed by atoms with Crippen LogP contribution >= 0.6 is 23.2 Å². The molecule has 10 heteroatoms. The minimum atomic E-state index is -0.694. The van der Waals surface area contributed by atoms with Crippen LogP contribution in [0.4, 0.5) is 5.69 Å². The number of nitrogens with one attached hydrogen (secondary N) is 1. The van der Waals surface area contributed by atoms with Gasteiger partial charge in [0.05, 0.1) is 34.6 Å². The number of imidazole rings is 1. The number of halogens is 2. The van der Waals surface area contributed by atoms with Crippen LogP contribution in [0.25, 0.3) is 5.69 Å². The van der Waals surface area contributed by atoms with E-state index in [0.717, 1.165) is 49.0 Å². The van der Waals surface area contributed by atoms with Crippen molar-refractivity contribution in [3.8, 4) is 11.4 Å². The van der Waals surface area contributed by atoms with Gasteiger partial charge in [-0.1, -0.05) is 29.3 Å². The second-order valence-electron chi connectivity index (χ2n) is 8.85. The molecule has 36 heavy (non-hydrogen) atoms. The van der Waals surface area contributed by atoms with Crippen molar-refractivity contribution in [2.45, 2.75) is 20.0 Å². The minimum Gasteiger partial charge on any atom is -0.497 e. The van der Waals surface area contributed by atoms with Crippen LogP contribution in [0.15, 0.2) is 42.5 Å². The third-order valence-electron chi connectivity index (χ3n) is 6.43. The number of hydrogen-bond donors (Lipinski definition) is 2. The molecule has 3 aromatic rings. The molecule has 0 radical (unpaired) electrons. The summed E-state index contributed by atoms with van der Waals surface area (Å²) < 4.78 is 7.15. The molecule has 8 nitrogen and oxygen atoms in total. The molecule has 1 fully saturated rings. The van der Waals surface area contributed by atoms with E-state index in [-0.39, 0.29) is 12.5 Å². The van der Waals surface area contributed by atoms with Crippen LogP contribution in [0.1, 0.15) is 22.0 Å². The average Bonchev–Trinajstić information content (AvgIpc) is 3.18. The summed E-state index contributed by atoms with van der Waals surface area (Å²) in [6.07, 6.45) is -0.694. The molecule has 4 rings (SSSR count). The van der Waals surface area contributed by atoms with Gasteiger partial charge in [0.1, 0.15) is 17.3 Å². The van der Waals surface area contributed by atoms with E-state index in [2.05, 4.69) is 20.1 Å². The first kappa shape index (κ1) is 26.3. The van der Waals surface area contributed by atoms with Crippen molar-refractivity contribution in [3.05, 3.63) is 69.7 Å². The number of benzene rings is 2. The normalized spacial score (nSPS) is 15.1. The molecule has 1 aliphatic rings. The Labute approximate surface area is 221 Å². The van der Waals surface area contributed by atoms with E-state index in [1.165, 1.54) is 0 Å². The molecular formula is C26H31Cl2N5O3. The Morgan fingerprint density at radius 3 is 2.47 bits per heavy atom. The number of methoxy groups -OCH3 is 1. The number of ether oxygens (including phenoxy) is 1. The predicted octanol–water partition coefficient (Wildman–Crippen LogP) is 3.72. The summed E-state index contributed by atoms with van der Waals surface area (Å²) in [5, 5.41) is 14.5. The molecule has 192 valence electrons. The van der Waals surface area contributed by atoms with Crippen LogP contribution < -0.4 is 15.0 Å². The number of hydrogen-bond acceptors (Lipinski definition) is 6. The Kier molecular flexibility index (Phi) is 8.41. The van der Waals surface area contributed by atoms with Gasteiger partial charge in [0, 0.05) is 45.0 Å². The number of anilines is 1. The van der Waals surface area contributed by atoms with Gasteiger partial charge in [-0.3, -0.25) is 9.69 Å². The molecule has 0 saturated carbocycles. The molecule has 2 aromatic carbocycles. The number of carbonyl (C=O) groups is 1. The van der Waals surface area contributed by atoms with Crippen LogP contribution in [0, 0.1) is 13.8 Å². The van der Waals surface area contributed by atoms with Gasteiger partial charge in [-0.2, -0.15) is 0 Å². The lowest BCUT2D eigenvalue weighted by Crippen LogP contribution is -2.50. The fourth-order valence-corrected chi connectivity index (χ4v) is 4.95. The largest absolute Gasteiger partial charge is 0.497 e. The van der Waals surface area contributed by atoms with Gasteiger partial charge in [0.15, 0.2) is 0 Å². The van der Waals surface area contributed by atoms with E-state index in [4.69, 9.17) is 27.9 Å². The maximum absolute atomic E-state index is 12.9. The third kappa shape index (κ3) is 5.78. The topological polar surface area (TPSA) is 82.9 Å². The van der Waals surface area contributed by atoms with Gasteiger partial charge in [0.25, 0.3) is 5.91 Å². The predicted molar refractivity (Wildman–Crippen MR) is 143 cm³/mol. The van der Waals surface area contributed by atoms with E-state index >= 15 is 0 Å². The summed E-state index contributed by atoms with van der Waals surface area (Å²) in [4.78, 5) is 21.7. The molecule has 1 unspecified atom stereocenters. The monoisotopic (exact) mass is 531 g/mol. The summed E-state index contributed by atoms with van der Waals surface area (Å²) in [6, 6.07) is 13.2. The SMILES string of the molecule is COc1ccc(-n2c(C)nc(C(=O)NCC(O)CN3CCN(c4cccc(Cl)c4Cl)CC3)c2C)cc1. The van der Waals surface area contributed by atoms with Gasteiger partial charge in [0.2, 0.25) is 0 Å². The fourth-order valence-electron chi connectivity index (χ4n) is 4.53. The van der Waals surface area contributed by atoms with E-state index < -0.39 is 6.10 Å². The number of aromatic nitrogens is 2. The highest BCUT2D eigenvalue weighted by Crippen LogP contribution is 2.32. The number of nitrogens with zero attached hydrogens (tertiary/aromatic N) is 4. The summed E-state index contributed by atoms with van der Waals surface area (Å²) in [7, 11) is 1.62. The summed E-state index contributed by atoms with van der Waals surface area (Å²) >= 11 is 12.5. The van der Waals surface area contributed by atoms with Crippen LogP contribution in [0.5, 0.6) is 5.75 Å². The molecule has 0 bridgehead atoms. The van der Waals surface area contributed by atoms with Gasteiger partial charge in [-0.25, -0.2) is 4.98 Å². The van der Waals surface area contributed by atoms with Gasteiger partial charge in [-0.05, 0) is 50.2 Å². The lowest BCUT2D eigenvalue weighted by atomic mass is 10.2. The Balaban J connectivity index is 1.29. The average molecular weight is 532 g/mol. The van der Waals surface area contributed by atoms with Crippen molar-refractivity contribution >= 4 is 34.8 Å². The van der Waals surface area contributed by atoms with Crippen molar-refractivity contribution < 1.29 is 14.6 Å². The van der Waals surface area contributed by atoms with Gasteiger partial charge < -0.3 is 24.6 Å². The standard InChI is InChI=1S/C26H31Cl2N5O3/c1-17-25(30-18(2)33(17)19-7-9-21(36-3)10-8-19)26(35)29-15-20(34)16-31-11-13-32(14-12-31)23-6-4-5-22(27)24(23)28/h4-10,20,34H,11-16H2,1-3H3,(H,29,35). The van der Waals surface area contributed by atoms with Crippen molar-refractivity contribution in [2.24, 2.45) is 0 Å². The first-order chi connectivity index (χ1) is 17.3. The molecule has 1 aromatic heterocycles. The van der Waals surface area contributed by atoms with E-state index in [0.29, 0.717) is 28.1 Å². The van der Waals surface area contributed by atoms with Crippen molar-refractivity contribution in [2.75, 3.05) is 51.3 Å². The lowest BCUT2D eigenvalue weighted by Gasteiger charge is -2.37. The molecule has 2 N–H and O–H groups in total. The number of piperazine rings is 1. The number of carbonyl (C=O) groups excluding carboxylic acids is 1. The molecule has 0 aliphatic carbocycles. The zero-order valence-corrected chi connectivity index (χ0v) is 22.2. The number of aliphatic hydroxyl groups is 1. The maximum atomic E-state index is 12.9. The maximum Gasteiger partial charge on any atom is 0.271 e. The van der Waals surface area contributed by atoms with Crippen LogP contribution in [0.2, 0.25) is 10.0 Å². The Morgan fingerprint density at radius 1 is 1.11 bits per heavy atom. The summed E-state index contributed by atoms with van der Waals surface area (Å²) in [5.41, 5.74) is 2.91. The highest BCUT2D eigenvalue weighted by atomic mass is 35.5. The Bertz CT molecular complexity index is 1210. The van der Waals surface area contributed by atoms with Gasteiger partial charge in [-0.15, -0.1) is 0 Å². The number of aliphatic hydroxyl groups excluding tert-OH is 1. The molecule has 1 atom stereocenters. The second-order valence-corrected chi connectivity index (χ2v) is 9.64. The molecule has 2 heterocycles. The molecule has 1 saturated heterocycles. The first-order valence-corrected chi connectivity index (χ1v) is 12.6. The molecule has 1 amide bonds. The third-order valence-corrected chi connectivity index (χ3v) is 7.24. The van der Waals surface area contributed by atoms with Crippen LogP contribution in [0.3, 0.4) is 0 Å². The highest BCUT2D eigenvalue weighted by molar-refractivity contribution is 6.43. The first-order valence-electron chi connectivity index (χ1n) is 11.9. The second kappa shape index (κ2) is 11.5. The lowest BCUT2D eigenvalue weighted by molar-refractivity contribution is 0.0847. The highest BCUT2D eigenvalue weighted by Gasteiger charge is 2.23. The van der Waals surface area contributed by atoms with E-state index in [1.807, 2.05) is 54.8 Å². The Morgan fingerprint density at radius 2 is 1.81 bits per heavy atom. The molecular weight excluding hydrogens is 501 g/mol. The van der Waals surface area contributed by atoms with Crippen molar-refractivity contribution in [1.29, 1.82) is 0 Å². The minimum absolute atomic E-state index is 0.146. The van der Waals surface area contributed by atoms with Crippen LogP contribution in [-0.2, 0) is 0 Å². The molecule has 0 spiro atoms. The van der Waals surface area contributed by atoms with E-state index in [9.17, 15) is 9.90 Å².